The van der Waals surface area contributed by atoms with Crippen molar-refractivity contribution < 1.29 is 0 Å². The second-order valence-electron chi connectivity index (χ2n) is 7.60. The van der Waals surface area contributed by atoms with Crippen molar-refractivity contribution in [1.29, 1.82) is 0 Å². The van der Waals surface area contributed by atoms with Gasteiger partial charge in [0.05, 0.1) is 16.4 Å². The first-order chi connectivity index (χ1) is 16.0. The molecule has 0 aliphatic rings. The molecule has 9 heteroatoms. The number of hydrogen-bond donors (Lipinski definition) is 0. The van der Waals surface area contributed by atoms with Crippen molar-refractivity contribution in [2.45, 2.75) is 24.8 Å². The zero-order valence-corrected chi connectivity index (χ0v) is 19.5. The molecule has 5 aromatic rings. The van der Waals surface area contributed by atoms with Crippen LogP contribution in [-0.4, -0.2) is 29.1 Å². The molecule has 0 radical (unpaired) electrons. The second-order valence-corrected chi connectivity index (χ2v) is 8.97. The Morgan fingerprint density at radius 3 is 2.58 bits per heavy atom. The summed E-state index contributed by atoms with van der Waals surface area (Å²) >= 11 is 7.49. The van der Waals surface area contributed by atoms with Crippen LogP contribution in [0.5, 0.6) is 0 Å². The fourth-order valence-corrected chi connectivity index (χ4v) is 4.49. The monoisotopic (exact) mass is 474 g/mol. The zero-order valence-electron chi connectivity index (χ0n) is 17.9. The molecule has 0 amide bonds. The summed E-state index contributed by atoms with van der Waals surface area (Å²) < 4.78 is 3.47. The lowest BCUT2D eigenvalue weighted by atomic mass is 10.1. The fraction of sp³-hybridized carbons (Fsp3) is 0.125. The van der Waals surface area contributed by atoms with Crippen LogP contribution in [0.1, 0.15) is 16.8 Å². The maximum atomic E-state index is 12.5. The minimum atomic E-state index is -0.175. The number of nitrogens with zero attached hydrogens (tertiary/aromatic N) is 6. The lowest BCUT2D eigenvalue weighted by molar-refractivity contribution is 0.883. The highest BCUT2D eigenvalue weighted by molar-refractivity contribution is 7.98. The molecule has 4 aromatic heterocycles. The second kappa shape index (κ2) is 8.80. The summed E-state index contributed by atoms with van der Waals surface area (Å²) in [6.45, 7) is 4.17. The first kappa shape index (κ1) is 21.4. The number of benzene rings is 1. The summed E-state index contributed by atoms with van der Waals surface area (Å²) in [6, 6.07) is 15.1. The van der Waals surface area contributed by atoms with Gasteiger partial charge in [-0.25, -0.2) is 4.98 Å². The van der Waals surface area contributed by atoms with Crippen molar-refractivity contribution in [3.63, 3.8) is 0 Å². The van der Waals surface area contributed by atoms with E-state index in [0.717, 1.165) is 17.1 Å². The summed E-state index contributed by atoms with van der Waals surface area (Å²) in [7, 11) is 0. The first-order valence-corrected chi connectivity index (χ1v) is 11.6. The van der Waals surface area contributed by atoms with E-state index >= 15 is 0 Å². The molecule has 1 aromatic carbocycles. The Bertz CT molecular complexity index is 1530. The first-order valence-electron chi connectivity index (χ1n) is 10.2. The number of aryl methyl sites for hydroxylation is 2. The standard InChI is InChI=1S/C24H19ClN6OS/c1-15-3-5-20(11-16(15)2)31-23(17-7-9-26-10-8-17)28-29-24(31)33-14-19-12-22(32)30-13-18(25)4-6-21(30)27-19/h3-13H,14H2,1-2H3. The zero-order chi connectivity index (χ0) is 22.9. The minimum Gasteiger partial charge on any atom is -0.270 e. The molecule has 0 atom stereocenters. The topological polar surface area (TPSA) is 78.0 Å². The fourth-order valence-electron chi connectivity index (χ4n) is 3.49. The van der Waals surface area contributed by atoms with E-state index in [1.54, 1.807) is 30.7 Å². The van der Waals surface area contributed by atoms with Gasteiger partial charge in [0.15, 0.2) is 11.0 Å². The van der Waals surface area contributed by atoms with Crippen LogP contribution in [0.25, 0.3) is 22.7 Å². The van der Waals surface area contributed by atoms with Crippen LogP contribution in [-0.2, 0) is 5.75 Å². The van der Waals surface area contributed by atoms with Crippen LogP contribution in [0.4, 0.5) is 0 Å². The van der Waals surface area contributed by atoms with Crippen LogP contribution in [0.3, 0.4) is 0 Å². The molecule has 0 spiro atoms. The molecular formula is C24H19ClN6OS. The number of rotatable bonds is 5. The summed E-state index contributed by atoms with van der Waals surface area (Å²) in [5, 5.41) is 10.1. The molecule has 0 bridgehead atoms. The Kier molecular flexibility index (Phi) is 5.70. The SMILES string of the molecule is Cc1ccc(-n2c(SCc3cc(=O)n4cc(Cl)ccc4n3)nnc2-c2ccncc2)cc1C. The summed E-state index contributed by atoms with van der Waals surface area (Å²) in [6.07, 6.45) is 5.04. The Hall–Kier alpha value is -3.49. The molecule has 0 unspecified atom stereocenters. The molecule has 33 heavy (non-hydrogen) atoms. The molecule has 0 fully saturated rings. The highest BCUT2D eigenvalue weighted by atomic mass is 35.5. The van der Waals surface area contributed by atoms with Gasteiger partial charge < -0.3 is 0 Å². The van der Waals surface area contributed by atoms with E-state index in [0.29, 0.717) is 27.3 Å². The van der Waals surface area contributed by atoms with Crippen molar-refractivity contribution in [1.82, 2.24) is 29.1 Å². The third kappa shape index (κ3) is 4.27. The van der Waals surface area contributed by atoms with Gasteiger partial charge in [-0.2, -0.15) is 0 Å². The van der Waals surface area contributed by atoms with E-state index in [1.165, 1.54) is 33.4 Å². The molecule has 7 nitrogen and oxygen atoms in total. The average Bonchev–Trinajstić information content (AvgIpc) is 3.24. The molecule has 164 valence electrons. The molecule has 0 saturated heterocycles. The normalized spacial score (nSPS) is 11.2. The van der Waals surface area contributed by atoms with E-state index in [4.69, 9.17) is 11.6 Å². The minimum absolute atomic E-state index is 0.175. The molecular weight excluding hydrogens is 456 g/mol. The largest absolute Gasteiger partial charge is 0.270 e. The van der Waals surface area contributed by atoms with Crippen molar-refractivity contribution in [3.05, 3.63) is 99.3 Å². The Balaban J connectivity index is 1.54. The Morgan fingerprint density at radius 1 is 0.970 bits per heavy atom. The lowest BCUT2D eigenvalue weighted by Crippen LogP contribution is -2.15. The van der Waals surface area contributed by atoms with Gasteiger partial charge in [0.25, 0.3) is 5.56 Å². The van der Waals surface area contributed by atoms with Crippen LogP contribution in [0.2, 0.25) is 5.02 Å². The van der Waals surface area contributed by atoms with E-state index in [-0.39, 0.29) is 5.56 Å². The van der Waals surface area contributed by atoms with Crippen LogP contribution in [0, 0.1) is 13.8 Å². The molecule has 5 rings (SSSR count). The van der Waals surface area contributed by atoms with Gasteiger partial charge in [-0.3, -0.25) is 18.7 Å². The Labute approximate surface area is 199 Å². The average molecular weight is 475 g/mol. The van der Waals surface area contributed by atoms with Crippen molar-refractivity contribution in [2.75, 3.05) is 0 Å². The highest BCUT2D eigenvalue weighted by Gasteiger charge is 2.17. The molecule has 4 heterocycles. The molecule has 0 saturated carbocycles. The number of halogens is 1. The van der Waals surface area contributed by atoms with Crippen molar-refractivity contribution in [2.24, 2.45) is 0 Å². The van der Waals surface area contributed by atoms with E-state index in [1.807, 2.05) is 16.7 Å². The third-order valence-corrected chi connectivity index (χ3v) is 6.53. The van der Waals surface area contributed by atoms with E-state index < -0.39 is 0 Å². The predicted octanol–water partition coefficient (Wildman–Crippen LogP) is 4.90. The predicted molar refractivity (Wildman–Crippen MR) is 130 cm³/mol. The smallest absolute Gasteiger partial charge is 0.258 e. The van der Waals surface area contributed by atoms with Crippen LogP contribution >= 0.6 is 23.4 Å². The van der Waals surface area contributed by atoms with E-state index in [2.05, 4.69) is 52.2 Å². The van der Waals surface area contributed by atoms with E-state index in [9.17, 15) is 4.79 Å². The highest BCUT2D eigenvalue weighted by Crippen LogP contribution is 2.30. The van der Waals surface area contributed by atoms with Gasteiger partial charge in [0.2, 0.25) is 0 Å². The Morgan fingerprint density at radius 2 is 1.79 bits per heavy atom. The molecule has 0 N–H and O–H groups in total. The maximum Gasteiger partial charge on any atom is 0.258 e. The number of pyridine rings is 2. The summed E-state index contributed by atoms with van der Waals surface area (Å²) in [4.78, 5) is 21.2. The molecule has 0 aliphatic heterocycles. The van der Waals surface area contributed by atoms with Gasteiger partial charge >= 0.3 is 0 Å². The number of aromatic nitrogens is 6. The van der Waals surface area contributed by atoms with Crippen LogP contribution in [0.15, 0.2) is 77.1 Å². The van der Waals surface area contributed by atoms with Crippen molar-refractivity contribution in [3.8, 4) is 17.1 Å². The third-order valence-electron chi connectivity index (χ3n) is 5.35. The number of thioether (sulfide) groups is 1. The van der Waals surface area contributed by atoms with Gasteiger partial charge in [-0.1, -0.05) is 29.4 Å². The molecule has 0 aliphatic carbocycles. The van der Waals surface area contributed by atoms with Gasteiger partial charge in [0.1, 0.15) is 5.65 Å². The number of fused-ring (bicyclic) bond motifs is 1. The van der Waals surface area contributed by atoms with Crippen LogP contribution < -0.4 is 5.56 Å². The van der Waals surface area contributed by atoms with Crippen molar-refractivity contribution >= 4 is 29.0 Å². The van der Waals surface area contributed by atoms with Gasteiger partial charge in [0, 0.05) is 36.0 Å². The quantitative estimate of drug-likeness (QED) is 0.337. The summed E-state index contributed by atoms with van der Waals surface area (Å²) in [5.41, 5.74) is 5.32. The van der Waals surface area contributed by atoms with Gasteiger partial charge in [-0.15, -0.1) is 10.2 Å². The summed E-state index contributed by atoms with van der Waals surface area (Å²) in [5.74, 6) is 1.19. The lowest BCUT2D eigenvalue weighted by Gasteiger charge is -2.12. The van der Waals surface area contributed by atoms with Gasteiger partial charge in [-0.05, 0) is 61.4 Å². The maximum absolute atomic E-state index is 12.5. The number of hydrogen-bond acceptors (Lipinski definition) is 6.